The lowest BCUT2D eigenvalue weighted by Gasteiger charge is -2.08. The Hall–Kier alpha value is -2.39. The predicted octanol–water partition coefficient (Wildman–Crippen LogP) is 4.59. The van der Waals surface area contributed by atoms with Gasteiger partial charge in [0.25, 0.3) is 0 Å². The van der Waals surface area contributed by atoms with Crippen molar-refractivity contribution in [1.82, 2.24) is 24.9 Å². The number of aromatic nitrogens is 5. The largest absolute Gasteiger partial charge is 0.446 e. The van der Waals surface area contributed by atoms with E-state index in [0.29, 0.717) is 40.3 Å². The molecule has 0 amide bonds. The molecule has 7 nitrogen and oxygen atoms in total. The molecular formula is C18H16BrN5O2S. The fourth-order valence-corrected chi connectivity index (χ4v) is 3.63. The van der Waals surface area contributed by atoms with Crippen LogP contribution in [0.4, 0.5) is 0 Å². The molecule has 0 saturated carbocycles. The predicted molar refractivity (Wildman–Crippen MR) is 104 cm³/mol. The van der Waals surface area contributed by atoms with Crippen molar-refractivity contribution >= 4 is 27.7 Å². The molecule has 0 N–H and O–H groups in total. The molecule has 0 saturated heterocycles. The molecule has 0 radical (unpaired) electrons. The molecular weight excluding hydrogens is 430 g/mol. The summed E-state index contributed by atoms with van der Waals surface area (Å²) in [5.41, 5.74) is 1.15. The summed E-state index contributed by atoms with van der Waals surface area (Å²) in [4.78, 5) is 4.34. The van der Waals surface area contributed by atoms with E-state index in [2.05, 4.69) is 48.4 Å². The first kappa shape index (κ1) is 18.0. The minimum absolute atomic E-state index is 0.554. The number of rotatable bonds is 7. The topological polar surface area (TPSA) is 82.8 Å². The molecule has 4 aromatic rings. The summed E-state index contributed by atoms with van der Waals surface area (Å²) >= 11 is 4.86. The molecule has 0 aliphatic rings. The molecule has 0 aliphatic heterocycles. The molecule has 0 aliphatic carbocycles. The third-order valence-electron chi connectivity index (χ3n) is 3.84. The lowest BCUT2D eigenvalue weighted by molar-refractivity contribution is 0.378. The molecule has 0 bridgehead atoms. The van der Waals surface area contributed by atoms with Gasteiger partial charge in [0.15, 0.2) is 21.4 Å². The van der Waals surface area contributed by atoms with Gasteiger partial charge in [-0.3, -0.25) is 4.57 Å². The number of thioether (sulfide) groups is 1. The zero-order valence-corrected chi connectivity index (χ0v) is 16.9. The Morgan fingerprint density at radius 1 is 1.11 bits per heavy atom. The van der Waals surface area contributed by atoms with E-state index in [9.17, 15) is 0 Å². The van der Waals surface area contributed by atoms with Crippen molar-refractivity contribution in [2.45, 2.75) is 30.8 Å². The van der Waals surface area contributed by atoms with Crippen molar-refractivity contribution in [3.63, 3.8) is 0 Å². The van der Waals surface area contributed by atoms with Gasteiger partial charge in [-0.15, -0.1) is 10.2 Å². The van der Waals surface area contributed by atoms with Crippen LogP contribution in [-0.4, -0.2) is 24.9 Å². The van der Waals surface area contributed by atoms with Gasteiger partial charge in [-0.1, -0.05) is 54.2 Å². The van der Waals surface area contributed by atoms with Crippen molar-refractivity contribution < 1.29 is 8.94 Å². The van der Waals surface area contributed by atoms with Gasteiger partial charge in [0.05, 0.1) is 12.3 Å². The minimum Gasteiger partial charge on any atom is -0.446 e. The fraction of sp³-hybridized carbons (Fsp3) is 0.222. The summed E-state index contributed by atoms with van der Waals surface area (Å²) < 4.78 is 13.5. The maximum Gasteiger partial charge on any atom is 0.226 e. The zero-order chi connectivity index (χ0) is 18.6. The number of hydrogen-bond donors (Lipinski definition) is 0. The van der Waals surface area contributed by atoms with Gasteiger partial charge in [0.1, 0.15) is 0 Å². The Bertz CT molecular complexity index is 1030. The normalized spacial score (nSPS) is 11.2. The molecule has 27 heavy (non-hydrogen) atoms. The van der Waals surface area contributed by atoms with Crippen LogP contribution in [0.3, 0.4) is 0 Å². The highest BCUT2D eigenvalue weighted by atomic mass is 79.9. The van der Waals surface area contributed by atoms with E-state index in [-0.39, 0.29) is 0 Å². The SMILES string of the molecule is CCc1nc(CSc2nnc(-c3ccc(Br)o3)n2Cc2ccccc2)no1. The minimum atomic E-state index is 0.554. The number of hydrogen-bond acceptors (Lipinski definition) is 7. The number of halogens is 1. The van der Waals surface area contributed by atoms with Crippen molar-refractivity contribution in [3.05, 3.63) is 64.4 Å². The second-order valence-electron chi connectivity index (χ2n) is 5.73. The van der Waals surface area contributed by atoms with Gasteiger partial charge in [-0.05, 0) is 33.6 Å². The number of nitrogens with zero attached hydrogens (tertiary/aromatic N) is 5. The Kier molecular flexibility index (Phi) is 5.40. The van der Waals surface area contributed by atoms with Crippen LogP contribution in [0.1, 0.15) is 24.2 Å². The van der Waals surface area contributed by atoms with Crippen molar-refractivity contribution in [2.75, 3.05) is 0 Å². The Balaban J connectivity index is 1.62. The Labute approximate surface area is 168 Å². The van der Waals surface area contributed by atoms with Crippen LogP contribution < -0.4 is 0 Å². The van der Waals surface area contributed by atoms with Crippen molar-refractivity contribution in [2.24, 2.45) is 0 Å². The van der Waals surface area contributed by atoms with Crippen LogP contribution in [0, 0.1) is 0 Å². The molecule has 0 spiro atoms. The molecule has 3 heterocycles. The summed E-state index contributed by atoms with van der Waals surface area (Å²) in [5.74, 6) is 3.17. The van der Waals surface area contributed by atoms with Gasteiger partial charge < -0.3 is 8.94 Å². The molecule has 0 atom stereocenters. The fourth-order valence-electron chi connectivity index (χ4n) is 2.54. The summed E-state index contributed by atoms with van der Waals surface area (Å²) in [6.07, 6.45) is 0.722. The Morgan fingerprint density at radius 2 is 1.96 bits per heavy atom. The molecule has 1 aromatic carbocycles. The van der Waals surface area contributed by atoms with E-state index >= 15 is 0 Å². The number of furan rings is 1. The van der Waals surface area contributed by atoms with Gasteiger partial charge in [-0.2, -0.15) is 4.98 Å². The quantitative estimate of drug-likeness (QED) is 0.384. The molecule has 0 unspecified atom stereocenters. The molecule has 9 heteroatoms. The summed E-state index contributed by atoms with van der Waals surface area (Å²) in [7, 11) is 0. The average molecular weight is 446 g/mol. The first-order valence-corrected chi connectivity index (χ1v) is 10.2. The van der Waals surface area contributed by atoms with Gasteiger partial charge >= 0.3 is 0 Å². The van der Waals surface area contributed by atoms with Gasteiger partial charge in [0, 0.05) is 6.42 Å². The molecule has 138 valence electrons. The highest BCUT2D eigenvalue weighted by molar-refractivity contribution is 9.10. The highest BCUT2D eigenvalue weighted by Crippen LogP contribution is 2.29. The van der Waals surface area contributed by atoms with E-state index in [1.807, 2.05) is 41.8 Å². The Morgan fingerprint density at radius 3 is 2.67 bits per heavy atom. The van der Waals surface area contributed by atoms with Crippen LogP contribution in [0.25, 0.3) is 11.6 Å². The van der Waals surface area contributed by atoms with Crippen LogP contribution in [0.5, 0.6) is 0 Å². The number of aryl methyl sites for hydroxylation is 1. The number of benzene rings is 1. The molecule has 3 aromatic heterocycles. The van der Waals surface area contributed by atoms with E-state index in [0.717, 1.165) is 17.1 Å². The van der Waals surface area contributed by atoms with Crippen LogP contribution in [-0.2, 0) is 18.7 Å². The third-order valence-corrected chi connectivity index (χ3v) is 5.23. The maximum atomic E-state index is 5.69. The second-order valence-corrected chi connectivity index (χ2v) is 7.45. The van der Waals surface area contributed by atoms with Crippen molar-refractivity contribution in [3.8, 4) is 11.6 Å². The molecule has 0 fully saturated rings. The van der Waals surface area contributed by atoms with Gasteiger partial charge in [-0.25, -0.2) is 0 Å². The van der Waals surface area contributed by atoms with Crippen LogP contribution >= 0.6 is 27.7 Å². The third kappa shape index (κ3) is 4.14. The van der Waals surface area contributed by atoms with Crippen LogP contribution in [0.2, 0.25) is 0 Å². The highest BCUT2D eigenvalue weighted by Gasteiger charge is 2.18. The lowest BCUT2D eigenvalue weighted by atomic mass is 10.2. The smallest absolute Gasteiger partial charge is 0.226 e. The first-order valence-electron chi connectivity index (χ1n) is 8.40. The molecule has 4 rings (SSSR count). The van der Waals surface area contributed by atoms with Crippen molar-refractivity contribution in [1.29, 1.82) is 0 Å². The van der Waals surface area contributed by atoms with E-state index < -0.39 is 0 Å². The van der Waals surface area contributed by atoms with Gasteiger partial charge in [0.2, 0.25) is 11.7 Å². The monoisotopic (exact) mass is 445 g/mol. The van der Waals surface area contributed by atoms with E-state index in [1.165, 1.54) is 11.8 Å². The standard InChI is InChI=1S/C18H16BrN5O2S/c1-2-16-20-15(23-26-16)11-27-18-22-21-17(13-8-9-14(19)25-13)24(18)10-12-6-4-3-5-7-12/h3-9H,2,10-11H2,1H3. The zero-order valence-electron chi connectivity index (χ0n) is 14.5. The second kappa shape index (κ2) is 8.10. The maximum absolute atomic E-state index is 5.69. The van der Waals surface area contributed by atoms with E-state index in [1.54, 1.807) is 0 Å². The lowest BCUT2D eigenvalue weighted by Crippen LogP contribution is -2.04. The first-order chi connectivity index (χ1) is 13.2. The summed E-state index contributed by atoms with van der Waals surface area (Å²) in [6, 6.07) is 13.9. The summed E-state index contributed by atoms with van der Waals surface area (Å²) in [6.45, 7) is 2.62. The van der Waals surface area contributed by atoms with Crippen LogP contribution in [0.15, 0.2) is 61.2 Å². The average Bonchev–Trinajstić information content (AvgIpc) is 3.41. The summed E-state index contributed by atoms with van der Waals surface area (Å²) in [5, 5.41) is 13.5. The van der Waals surface area contributed by atoms with E-state index in [4.69, 9.17) is 8.94 Å².